The van der Waals surface area contributed by atoms with E-state index in [9.17, 15) is 0 Å². The maximum Gasteiger partial charge on any atom is 0.106 e. The average molecular weight is 219 g/mol. The van der Waals surface area contributed by atoms with Gasteiger partial charge in [0.1, 0.15) is 5.76 Å². The maximum absolute atomic E-state index is 8.58. The van der Waals surface area contributed by atoms with Crippen molar-refractivity contribution >= 4 is 0 Å². The van der Waals surface area contributed by atoms with Crippen molar-refractivity contribution in [3.8, 4) is 6.07 Å². The lowest BCUT2D eigenvalue weighted by atomic mass is 9.95. The van der Waals surface area contributed by atoms with Crippen molar-refractivity contribution in [2.24, 2.45) is 11.3 Å². The topological polar surface area (TPSA) is 36.9 Å². The van der Waals surface area contributed by atoms with Crippen LogP contribution in [0.25, 0.3) is 0 Å². The molecule has 0 aliphatic heterocycles. The molecule has 1 aromatic rings. The molecule has 0 radical (unpaired) electrons. The molecule has 0 N–H and O–H groups in total. The molecular formula is C14H21NO. The van der Waals surface area contributed by atoms with E-state index >= 15 is 0 Å². The third-order valence-corrected chi connectivity index (χ3v) is 3.23. The molecule has 0 saturated heterocycles. The third-order valence-electron chi connectivity index (χ3n) is 3.23. The average Bonchev–Trinajstić information content (AvgIpc) is 2.85. The van der Waals surface area contributed by atoms with Crippen LogP contribution in [0.15, 0.2) is 22.8 Å². The van der Waals surface area contributed by atoms with Gasteiger partial charge in [0.15, 0.2) is 0 Å². The molecule has 2 rings (SSSR count). The van der Waals surface area contributed by atoms with Gasteiger partial charge in [-0.1, -0.05) is 27.7 Å². The molecule has 1 aliphatic carbocycles. The van der Waals surface area contributed by atoms with Gasteiger partial charge in [0.2, 0.25) is 0 Å². The van der Waals surface area contributed by atoms with E-state index in [0.717, 1.165) is 18.6 Å². The Bertz CT molecular complexity index is 339. The quantitative estimate of drug-likeness (QED) is 0.741. The lowest BCUT2D eigenvalue weighted by molar-refractivity contribution is 0.459. The number of hydrogen-bond donors (Lipinski definition) is 0. The third kappa shape index (κ3) is 3.13. The maximum atomic E-state index is 8.58. The first-order chi connectivity index (χ1) is 7.52. The summed E-state index contributed by atoms with van der Waals surface area (Å²) in [6.45, 7) is 8.46. The molecule has 1 aliphatic rings. The van der Waals surface area contributed by atoms with Crippen LogP contribution in [0.5, 0.6) is 0 Å². The molecule has 0 unspecified atom stereocenters. The van der Waals surface area contributed by atoms with Crippen LogP contribution in [0, 0.1) is 22.7 Å². The normalized spacial score (nSPS) is 16.6. The fourth-order valence-corrected chi connectivity index (χ4v) is 1.57. The lowest BCUT2D eigenvalue weighted by Crippen LogP contribution is -2.04. The van der Waals surface area contributed by atoms with Gasteiger partial charge in [-0.3, -0.25) is 0 Å². The SMILES string of the molecule is CC(C)C1(C#N)CC1.CC(C)c1ccco1. The zero-order valence-electron chi connectivity index (χ0n) is 10.7. The molecule has 1 saturated carbocycles. The fraction of sp³-hybridized carbons (Fsp3) is 0.643. The predicted molar refractivity (Wildman–Crippen MR) is 64.9 cm³/mol. The first kappa shape index (κ1) is 12.8. The second-order valence-electron chi connectivity index (χ2n) is 5.09. The summed E-state index contributed by atoms with van der Waals surface area (Å²) in [5.41, 5.74) is 0.0972. The molecule has 2 heteroatoms. The highest BCUT2D eigenvalue weighted by Gasteiger charge is 2.45. The fourth-order valence-electron chi connectivity index (χ4n) is 1.57. The zero-order valence-corrected chi connectivity index (χ0v) is 10.7. The van der Waals surface area contributed by atoms with Crippen molar-refractivity contribution in [3.63, 3.8) is 0 Å². The Hall–Kier alpha value is -1.23. The molecule has 1 heterocycles. The Morgan fingerprint density at radius 1 is 1.31 bits per heavy atom. The van der Waals surface area contributed by atoms with Gasteiger partial charge in [0, 0.05) is 5.92 Å². The lowest BCUT2D eigenvalue weighted by Gasteiger charge is -2.07. The summed E-state index contributed by atoms with van der Waals surface area (Å²) in [5, 5.41) is 8.58. The first-order valence-electron chi connectivity index (χ1n) is 5.96. The van der Waals surface area contributed by atoms with Crippen molar-refractivity contribution in [2.75, 3.05) is 0 Å². The second kappa shape index (κ2) is 5.21. The van der Waals surface area contributed by atoms with Crippen molar-refractivity contribution in [3.05, 3.63) is 24.2 Å². The van der Waals surface area contributed by atoms with Gasteiger partial charge < -0.3 is 4.42 Å². The van der Waals surface area contributed by atoms with Gasteiger partial charge in [0.05, 0.1) is 17.7 Å². The van der Waals surface area contributed by atoms with Crippen molar-refractivity contribution in [1.29, 1.82) is 5.26 Å². The van der Waals surface area contributed by atoms with Gasteiger partial charge in [-0.2, -0.15) is 5.26 Å². The molecule has 1 aromatic heterocycles. The van der Waals surface area contributed by atoms with Crippen molar-refractivity contribution in [1.82, 2.24) is 0 Å². The zero-order chi connectivity index (χ0) is 12.2. The van der Waals surface area contributed by atoms with Crippen LogP contribution in [-0.4, -0.2) is 0 Å². The Balaban J connectivity index is 0.000000160. The van der Waals surface area contributed by atoms with E-state index in [2.05, 4.69) is 33.8 Å². The Labute approximate surface area is 98.3 Å². The highest BCUT2D eigenvalue weighted by Crippen LogP contribution is 2.50. The van der Waals surface area contributed by atoms with Crippen LogP contribution in [-0.2, 0) is 0 Å². The Morgan fingerprint density at radius 3 is 2.06 bits per heavy atom. The summed E-state index contributed by atoms with van der Waals surface area (Å²) in [6, 6.07) is 6.25. The smallest absolute Gasteiger partial charge is 0.106 e. The van der Waals surface area contributed by atoms with Crippen molar-refractivity contribution < 1.29 is 4.42 Å². The second-order valence-corrected chi connectivity index (χ2v) is 5.09. The van der Waals surface area contributed by atoms with Gasteiger partial charge >= 0.3 is 0 Å². The van der Waals surface area contributed by atoms with Crippen LogP contribution in [0.3, 0.4) is 0 Å². The Kier molecular flexibility index (Phi) is 4.18. The largest absolute Gasteiger partial charge is 0.469 e. The summed E-state index contributed by atoms with van der Waals surface area (Å²) >= 11 is 0. The summed E-state index contributed by atoms with van der Waals surface area (Å²) < 4.78 is 5.09. The van der Waals surface area contributed by atoms with E-state index in [1.54, 1.807) is 6.26 Å². The van der Waals surface area contributed by atoms with Crippen LogP contribution < -0.4 is 0 Å². The highest BCUT2D eigenvalue weighted by molar-refractivity contribution is 5.11. The number of hydrogen-bond acceptors (Lipinski definition) is 2. The summed E-state index contributed by atoms with van der Waals surface area (Å²) in [6.07, 6.45) is 3.96. The van der Waals surface area contributed by atoms with E-state index in [-0.39, 0.29) is 5.41 Å². The number of rotatable bonds is 2. The molecule has 2 nitrogen and oxygen atoms in total. The Morgan fingerprint density at radius 2 is 1.94 bits per heavy atom. The monoisotopic (exact) mass is 219 g/mol. The van der Waals surface area contributed by atoms with E-state index in [0.29, 0.717) is 11.8 Å². The van der Waals surface area contributed by atoms with Crippen LogP contribution in [0.1, 0.15) is 52.2 Å². The number of furan rings is 1. The van der Waals surface area contributed by atoms with Crippen LogP contribution in [0.4, 0.5) is 0 Å². The molecule has 0 amide bonds. The van der Waals surface area contributed by atoms with Gasteiger partial charge in [-0.15, -0.1) is 0 Å². The number of nitrogens with zero attached hydrogens (tertiary/aromatic N) is 1. The van der Waals surface area contributed by atoms with Gasteiger partial charge in [-0.25, -0.2) is 0 Å². The summed E-state index contributed by atoms with van der Waals surface area (Å²) in [7, 11) is 0. The molecule has 0 spiro atoms. The molecule has 0 atom stereocenters. The van der Waals surface area contributed by atoms with E-state index in [1.807, 2.05) is 12.1 Å². The van der Waals surface area contributed by atoms with Gasteiger partial charge in [0.25, 0.3) is 0 Å². The summed E-state index contributed by atoms with van der Waals surface area (Å²) in [5.74, 6) is 2.14. The molecule has 1 fully saturated rings. The summed E-state index contributed by atoms with van der Waals surface area (Å²) in [4.78, 5) is 0. The number of nitriles is 1. The standard InChI is InChI=1S/C7H11N.C7H10O/c1-6(2)7(5-8)3-4-7;1-6(2)7-4-3-5-8-7/h6H,3-4H2,1-2H3;3-6H,1-2H3. The van der Waals surface area contributed by atoms with E-state index < -0.39 is 0 Å². The molecule has 0 bridgehead atoms. The molecule has 16 heavy (non-hydrogen) atoms. The minimum Gasteiger partial charge on any atom is -0.469 e. The molecular weight excluding hydrogens is 198 g/mol. The van der Waals surface area contributed by atoms with E-state index in [4.69, 9.17) is 9.68 Å². The minimum atomic E-state index is 0.0972. The van der Waals surface area contributed by atoms with Crippen LogP contribution in [0.2, 0.25) is 0 Å². The van der Waals surface area contributed by atoms with Gasteiger partial charge in [-0.05, 0) is 30.9 Å². The minimum absolute atomic E-state index is 0.0972. The first-order valence-corrected chi connectivity index (χ1v) is 5.96. The molecule has 0 aromatic carbocycles. The van der Waals surface area contributed by atoms with E-state index in [1.165, 1.54) is 0 Å². The van der Waals surface area contributed by atoms with Crippen LogP contribution >= 0.6 is 0 Å². The molecule has 88 valence electrons. The van der Waals surface area contributed by atoms with Crippen molar-refractivity contribution in [2.45, 2.75) is 46.5 Å². The highest BCUT2D eigenvalue weighted by atomic mass is 16.3. The predicted octanol–water partition coefficient (Wildman–Crippen LogP) is 4.35.